The van der Waals surface area contributed by atoms with E-state index in [0.717, 1.165) is 34.7 Å². The molecule has 5 nitrogen and oxygen atoms in total. The lowest BCUT2D eigenvalue weighted by atomic mass is 10.2. The van der Waals surface area contributed by atoms with E-state index in [1.807, 2.05) is 24.3 Å². The van der Waals surface area contributed by atoms with Crippen molar-refractivity contribution in [3.05, 3.63) is 24.3 Å². The van der Waals surface area contributed by atoms with Crippen molar-refractivity contribution in [2.75, 3.05) is 24.9 Å². The second-order valence-corrected chi connectivity index (χ2v) is 4.79. The molecule has 18 heavy (non-hydrogen) atoms. The van der Waals surface area contributed by atoms with Gasteiger partial charge in [0.25, 0.3) is 0 Å². The van der Waals surface area contributed by atoms with Gasteiger partial charge in [0.15, 0.2) is 0 Å². The predicted octanol–water partition coefficient (Wildman–Crippen LogP) is 2.04. The number of ether oxygens (including phenoxy) is 1. The van der Waals surface area contributed by atoms with Crippen molar-refractivity contribution in [3.63, 3.8) is 0 Å². The maximum absolute atomic E-state index is 5.38. The summed E-state index contributed by atoms with van der Waals surface area (Å²) in [6, 6.07) is 7.92. The molecule has 6 heteroatoms. The first-order valence-electron chi connectivity index (χ1n) is 5.70. The predicted molar refractivity (Wildman–Crippen MR) is 74.6 cm³/mol. The number of nitrogens with two attached hydrogens (primary N) is 1. The number of nitrogen functional groups attached to an aromatic ring is 1. The van der Waals surface area contributed by atoms with Crippen LogP contribution in [0.3, 0.4) is 0 Å². The Balaban J connectivity index is 2.23. The number of nitrogens with zero attached hydrogens (tertiary/aromatic N) is 2. The Morgan fingerprint density at radius 1 is 1.33 bits per heavy atom. The average molecular weight is 264 g/mol. The molecule has 96 valence electrons. The molecule has 0 fully saturated rings. The van der Waals surface area contributed by atoms with Gasteiger partial charge in [0.05, 0.1) is 5.52 Å². The van der Waals surface area contributed by atoms with E-state index >= 15 is 0 Å². The van der Waals surface area contributed by atoms with Gasteiger partial charge in [-0.15, -0.1) is 11.8 Å². The number of hydrogen-bond acceptors (Lipinski definition) is 6. The van der Waals surface area contributed by atoms with Gasteiger partial charge >= 0.3 is 0 Å². The number of methoxy groups -OCH3 is 1. The highest BCUT2D eigenvalue weighted by Crippen LogP contribution is 2.26. The second kappa shape index (κ2) is 6.53. The third-order valence-electron chi connectivity index (χ3n) is 2.43. The summed E-state index contributed by atoms with van der Waals surface area (Å²) in [4.78, 5) is 8.71. The van der Waals surface area contributed by atoms with Crippen molar-refractivity contribution >= 4 is 28.6 Å². The van der Waals surface area contributed by atoms with Crippen LogP contribution in [0.4, 0.5) is 5.95 Å². The summed E-state index contributed by atoms with van der Waals surface area (Å²) >= 11 is 1.69. The van der Waals surface area contributed by atoms with Crippen molar-refractivity contribution in [1.29, 1.82) is 0 Å². The molecule has 3 N–H and O–H groups in total. The van der Waals surface area contributed by atoms with Gasteiger partial charge in [-0.05, 0) is 12.5 Å². The molecule has 0 saturated carbocycles. The Bertz CT molecular complexity index is 520. The molecule has 1 aromatic carbocycles. The molecule has 0 unspecified atom stereocenters. The monoisotopic (exact) mass is 264 g/mol. The van der Waals surface area contributed by atoms with E-state index < -0.39 is 0 Å². The molecular weight excluding hydrogens is 248 g/mol. The summed E-state index contributed by atoms with van der Waals surface area (Å²) in [6.07, 6.45) is 0.991. The van der Waals surface area contributed by atoms with Gasteiger partial charge in [-0.2, -0.15) is 0 Å². The van der Waals surface area contributed by atoms with Crippen LogP contribution in [-0.4, -0.2) is 29.4 Å². The molecule has 0 aliphatic carbocycles. The van der Waals surface area contributed by atoms with Crippen LogP contribution in [0.15, 0.2) is 29.3 Å². The molecule has 0 aliphatic heterocycles. The number of anilines is 1. The van der Waals surface area contributed by atoms with Crippen LogP contribution in [0, 0.1) is 0 Å². The Kier molecular flexibility index (Phi) is 4.74. The number of hydrogen-bond donors (Lipinski definition) is 2. The molecule has 0 saturated heterocycles. The summed E-state index contributed by atoms with van der Waals surface area (Å²) in [5, 5.41) is 2.00. The number of hydrazine groups is 1. The molecule has 2 rings (SSSR count). The van der Waals surface area contributed by atoms with Crippen LogP contribution >= 0.6 is 11.8 Å². The largest absolute Gasteiger partial charge is 0.385 e. The number of rotatable bonds is 6. The highest BCUT2D eigenvalue weighted by atomic mass is 32.2. The fourth-order valence-corrected chi connectivity index (χ4v) is 2.53. The smallest absolute Gasteiger partial charge is 0.238 e. The Morgan fingerprint density at radius 2 is 2.17 bits per heavy atom. The van der Waals surface area contributed by atoms with E-state index in [1.54, 1.807) is 18.9 Å². The number of para-hydroxylation sites is 1. The first-order chi connectivity index (χ1) is 8.85. The zero-order chi connectivity index (χ0) is 12.8. The zero-order valence-corrected chi connectivity index (χ0v) is 11.0. The standard InChI is InChI=1S/C12H16N4OS/c1-17-7-4-8-18-11-9-5-2-3-6-10(9)14-12(15-11)16-13/h2-3,5-6H,4,7-8,13H2,1H3,(H,14,15,16). The minimum Gasteiger partial charge on any atom is -0.385 e. The quantitative estimate of drug-likeness (QED) is 0.273. The lowest BCUT2D eigenvalue weighted by molar-refractivity contribution is 0.200. The van der Waals surface area contributed by atoms with E-state index in [2.05, 4.69) is 15.4 Å². The minimum atomic E-state index is 0.447. The van der Waals surface area contributed by atoms with Gasteiger partial charge in [0.1, 0.15) is 5.03 Å². The molecule has 0 bridgehead atoms. The fourth-order valence-electron chi connectivity index (χ4n) is 1.59. The first kappa shape index (κ1) is 13.1. The molecule has 0 radical (unpaired) electrons. The highest BCUT2D eigenvalue weighted by Gasteiger charge is 2.06. The Morgan fingerprint density at radius 3 is 2.94 bits per heavy atom. The number of thioether (sulfide) groups is 1. The summed E-state index contributed by atoms with van der Waals surface area (Å²) in [5.74, 6) is 6.79. The van der Waals surface area contributed by atoms with Gasteiger partial charge in [-0.1, -0.05) is 18.2 Å². The van der Waals surface area contributed by atoms with Crippen molar-refractivity contribution < 1.29 is 4.74 Å². The van der Waals surface area contributed by atoms with Gasteiger partial charge in [-0.3, -0.25) is 5.43 Å². The third-order valence-corrected chi connectivity index (χ3v) is 3.51. The van der Waals surface area contributed by atoms with Crippen LogP contribution in [0.2, 0.25) is 0 Å². The van der Waals surface area contributed by atoms with Gasteiger partial charge in [0, 0.05) is 24.9 Å². The SMILES string of the molecule is COCCCSc1nc(NN)nc2ccccc12. The molecule has 1 aromatic heterocycles. The van der Waals surface area contributed by atoms with E-state index in [-0.39, 0.29) is 0 Å². The van der Waals surface area contributed by atoms with E-state index in [9.17, 15) is 0 Å². The van der Waals surface area contributed by atoms with Crippen molar-refractivity contribution in [1.82, 2.24) is 9.97 Å². The minimum absolute atomic E-state index is 0.447. The van der Waals surface area contributed by atoms with Crippen molar-refractivity contribution in [3.8, 4) is 0 Å². The van der Waals surface area contributed by atoms with Crippen LogP contribution in [-0.2, 0) is 4.74 Å². The topological polar surface area (TPSA) is 73.1 Å². The summed E-state index contributed by atoms with van der Waals surface area (Å²) in [6.45, 7) is 0.762. The van der Waals surface area contributed by atoms with Crippen molar-refractivity contribution in [2.45, 2.75) is 11.4 Å². The maximum Gasteiger partial charge on any atom is 0.238 e. The molecule has 0 amide bonds. The average Bonchev–Trinajstić information content (AvgIpc) is 2.43. The normalized spacial score (nSPS) is 10.8. The number of nitrogens with one attached hydrogen (secondary N) is 1. The third kappa shape index (κ3) is 3.10. The number of benzene rings is 1. The molecule has 2 aromatic rings. The van der Waals surface area contributed by atoms with Crippen LogP contribution in [0.1, 0.15) is 6.42 Å². The van der Waals surface area contributed by atoms with Crippen LogP contribution in [0.25, 0.3) is 10.9 Å². The molecule has 0 atom stereocenters. The van der Waals surface area contributed by atoms with Crippen LogP contribution in [0.5, 0.6) is 0 Å². The molecule has 1 heterocycles. The molecule has 0 aliphatic rings. The fraction of sp³-hybridized carbons (Fsp3) is 0.333. The van der Waals surface area contributed by atoms with E-state index in [1.165, 1.54) is 0 Å². The van der Waals surface area contributed by atoms with Gasteiger partial charge < -0.3 is 4.74 Å². The lowest BCUT2D eigenvalue weighted by Gasteiger charge is -2.07. The Hall–Kier alpha value is -1.37. The Labute approximate surface area is 110 Å². The summed E-state index contributed by atoms with van der Waals surface area (Å²) < 4.78 is 5.03. The summed E-state index contributed by atoms with van der Waals surface area (Å²) in [5.41, 5.74) is 3.40. The van der Waals surface area contributed by atoms with Gasteiger partial charge in [0.2, 0.25) is 5.95 Å². The first-order valence-corrected chi connectivity index (χ1v) is 6.69. The van der Waals surface area contributed by atoms with Gasteiger partial charge in [-0.25, -0.2) is 15.8 Å². The zero-order valence-electron chi connectivity index (χ0n) is 10.2. The highest BCUT2D eigenvalue weighted by molar-refractivity contribution is 7.99. The summed E-state index contributed by atoms with van der Waals surface area (Å²) in [7, 11) is 1.71. The van der Waals surface area contributed by atoms with Crippen molar-refractivity contribution in [2.24, 2.45) is 5.84 Å². The molecular formula is C12H16N4OS. The number of fused-ring (bicyclic) bond motifs is 1. The van der Waals surface area contributed by atoms with E-state index in [0.29, 0.717) is 5.95 Å². The molecule has 0 spiro atoms. The second-order valence-electron chi connectivity index (χ2n) is 3.71. The lowest BCUT2D eigenvalue weighted by Crippen LogP contribution is -2.11. The maximum atomic E-state index is 5.38. The van der Waals surface area contributed by atoms with E-state index in [4.69, 9.17) is 10.6 Å². The van der Waals surface area contributed by atoms with Crippen LogP contribution < -0.4 is 11.3 Å². The number of aromatic nitrogens is 2.